The van der Waals surface area contributed by atoms with Crippen LogP contribution in [0, 0.1) is 5.82 Å². The molecular weight excluding hydrogens is 487 g/mol. The molecule has 0 saturated carbocycles. The van der Waals surface area contributed by atoms with Gasteiger partial charge in [0.2, 0.25) is 5.95 Å². The Morgan fingerprint density at radius 3 is 2.54 bits per heavy atom. The number of ketones is 1. The van der Waals surface area contributed by atoms with Crippen LogP contribution in [0.2, 0.25) is 0 Å². The van der Waals surface area contributed by atoms with Crippen LogP contribution in [-0.2, 0) is 4.79 Å². The average molecular weight is 521 g/mol. The molecule has 3 atom stereocenters. The van der Waals surface area contributed by atoms with Crippen molar-refractivity contribution >= 4 is 28.5 Å². The summed E-state index contributed by atoms with van der Waals surface area (Å²) in [5.74, 6) is 1.04. The number of Topliss-reactive ketones (excluding diaryl/α,β-unsaturated/α-hetero) is 1. The van der Waals surface area contributed by atoms with Crippen LogP contribution in [0.1, 0.15) is 74.6 Å². The lowest BCUT2D eigenvalue weighted by molar-refractivity contribution is -0.116. The summed E-state index contributed by atoms with van der Waals surface area (Å²) in [6.07, 6.45) is 2.16. The zero-order chi connectivity index (χ0) is 27.1. The first-order chi connectivity index (χ1) is 18.7. The molecule has 3 aromatic carbocycles. The van der Waals surface area contributed by atoms with Gasteiger partial charge in [0, 0.05) is 36.0 Å². The number of anilines is 2. The fourth-order valence-electron chi connectivity index (χ4n) is 7.08. The van der Waals surface area contributed by atoms with Crippen molar-refractivity contribution in [3.05, 3.63) is 101 Å². The van der Waals surface area contributed by atoms with E-state index in [0.29, 0.717) is 18.8 Å². The number of fused-ring (bicyclic) bond motifs is 4. The van der Waals surface area contributed by atoms with Gasteiger partial charge in [0.1, 0.15) is 5.82 Å². The molecule has 0 unspecified atom stereocenters. The Balaban J connectivity index is 1.39. The predicted octanol–water partition coefficient (Wildman–Crippen LogP) is 7.31. The molecule has 7 rings (SSSR count). The Labute approximate surface area is 228 Å². The molecule has 5 nitrogen and oxygen atoms in total. The van der Waals surface area contributed by atoms with E-state index in [0.717, 1.165) is 45.8 Å². The molecule has 198 valence electrons. The monoisotopic (exact) mass is 520 g/mol. The number of rotatable bonds is 2. The molecule has 0 bridgehead atoms. The third kappa shape index (κ3) is 3.72. The second-order valence-corrected chi connectivity index (χ2v) is 12.1. The number of carbonyl (C=O) groups excluding carboxylic acids is 1. The Kier molecular flexibility index (Phi) is 5.28. The lowest BCUT2D eigenvalue weighted by Crippen LogP contribution is -2.45. The molecule has 0 fully saturated rings. The van der Waals surface area contributed by atoms with Crippen LogP contribution in [0.15, 0.2) is 78.0 Å². The highest BCUT2D eigenvalue weighted by atomic mass is 19.1. The summed E-state index contributed by atoms with van der Waals surface area (Å²) >= 11 is 0. The van der Waals surface area contributed by atoms with Crippen LogP contribution < -0.4 is 10.2 Å². The molecule has 0 spiro atoms. The highest BCUT2D eigenvalue weighted by molar-refractivity contribution is 6.01. The number of imidazole rings is 1. The van der Waals surface area contributed by atoms with Crippen molar-refractivity contribution in [2.45, 2.75) is 63.5 Å². The minimum Gasteiger partial charge on any atom is -0.369 e. The van der Waals surface area contributed by atoms with E-state index < -0.39 is 0 Å². The van der Waals surface area contributed by atoms with Gasteiger partial charge in [-0.2, -0.15) is 0 Å². The molecule has 0 amide bonds. The first-order valence-corrected chi connectivity index (χ1v) is 13.8. The smallest absolute Gasteiger partial charge is 0.209 e. The van der Waals surface area contributed by atoms with Crippen LogP contribution in [0.4, 0.5) is 16.0 Å². The van der Waals surface area contributed by atoms with Crippen LogP contribution in [0.5, 0.6) is 0 Å². The number of para-hydroxylation sites is 2. The normalized spacial score (nSPS) is 23.8. The number of aromatic nitrogens is 2. The fraction of sp³-hybridized carbons (Fsp3) is 0.333. The molecular formula is C33H33FN4O. The quantitative estimate of drug-likeness (QED) is 0.301. The number of nitrogens with zero attached hydrogens (tertiary/aromatic N) is 3. The maximum atomic E-state index is 14.0. The zero-order valence-corrected chi connectivity index (χ0v) is 22.8. The summed E-state index contributed by atoms with van der Waals surface area (Å²) in [5, 5.41) is 3.55. The Morgan fingerprint density at radius 2 is 1.74 bits per heavy atom. The maximum absolute atomic E-state index is 14.0. The molecule has 4 aromatic rings. The van der Waals surface area contributed by atoms with Gasteiger partial charge < -0.3 is 10.2 Å². The summed E-state index contributed by atoms with van der Waals surface area (Å²) < 4.78 is 15.8. The Morgan fingerprint density at radius 1 is 1.00 bits per heavy atom. The third-order valence-electron chi connectivity index (χ3n) is 9.21. The highest BCUT2D eigenvalue weighted by Crippen LogP contribution is 2.48. The minimum atomic E-state index is -0.263. The lowest BCUT2D eigenvalue weighted by atomic mass is 9.76. The van der Waals surface area contributed by atoms with Crippen molar-refractivity contribution in [3.8, 4) is 0 Å². The van der Waals surface area contributed by atoms with Crippen molar-refractivity contribution in [1.82, 2.24) is 9.55 Å². The topological polar surface area (TPSA) is 50.2 Å². The first-order valence-electron chi connectivity index (χ1n) is 13.8. The first kappa shape index (κ1) is 24.1. The largest absolute Gasteiger partial charge is 0.369 e. The van der Waals surface area contributed by atoms with Gasteiger partial charge in [-0.3, -0.25) is 9.36 Å². The molecule has 6 heteroatoms. The number of benzene rings is 3. The van der Waals surface area contributed by atoms with E-state index in [1.807, 2.05) is 18.2 Å². The van der Waals surface area contributed by atoms with E-state index in [-0.39, 0.29) is 29.1 Å². The SMILES string of the molecule is C[C@H]1CC(C)(C)N(C)c2ccc([C@@H]3C4=C(C[C@@H](c5ccc(F)cc5)CC4=O)Nc4nc5ccccc5n43)cc21. The van der Waals surface area contributed by atoms with E-state index in [4.69, 9.17) is 4.98 Å². The van der Waals surface area contributed by atoms with Crippen molar-refractivity contribution < 1.29 is 9.18 Å². The standard InChI is InChI=1S/C33H33FN4O/c1-19-18-33(2,3)37(4)27-14-11-21(15-24(19)27)31-30-26(36-32-35-25-7-5-6-8-28(25)38(31)32)16-22(17-29(30)39)20-9-12-23(34)13-10-20/h5-15,19,22,31H,16-18H2,1-4H3,(H,35,36)/t19-,22+,31+/m0/s1. The minimum absolute atomic E-state index is 0.000338. The van der Waals surface area contributed by atoms with Gasteiger partial charge in [-0.1, -0.05) is 43.3 Å². The second-order valence-electron chi connectivity index (χ2n) is 12.1. The summed E-state index contributed by atoms with van der Waals surface area (Å²) in [4.78, 5) is 21.3. The van der Waals surface area contributed by atoms with Crippen molar-refractivity contribution in [2.75, 3.05) is 17.3 Å². The van der Waals surface area contributed by atoms with Crippen LogP contribution in [0.3, 0.4) is 0 Å². The van der Waals surface area contributed by atoms with E-state index in [1.165, 1.54) is 23.4 Å². The summed E-state index contributed by atoms with van der Waals surface area (Å²) in [6, 6.07) is 21.2. The van der Waals surface area contributed by atoms with Crippen LogP contribution in [-0.4, -0.2) is 27.9 Å². The van der Waals surface area contributed by atoms with Gasteiger partial charge in [-0.25, -0.2) is 9.37 Å². The van der Waals surface area contributed by atoms with Gasteiger partial charge in [-0.05, 0) is 85.5 Å². The second kappa shape index (κ2) is 8.54. The molecule has 1 aliphatic carbocycles. The molecule has 1 aromatic heterocycles. The Bertz CT molecular complexity index is 1670. The lowest BCUT2D eigenvalue weighted by Gasteiger charge is -2.46. The Hall–Kier alpha value is -3.93. The van der Waals surface area contributed by atoms with E-state index in [9.17, 15) is 9.18 Å². The van der Waals surface area contributed by atoms with Crippen molar-refractivity contribution in [2.24, 2.45) is 0 Å². The third-order valence-corrected chi connectivity index (χ3v) is 9.21. The number of halogens is 1. The van der Waals surface area contributed by atoms with Crippen LogP contribution >= 0.6 is 0 Å². The van der Waals surface area contributed by atoms with Crippen molar-refractivity contribution in [1.29, 1.82) is 0 Å². The van der Waals surface area contributed by atoms with Crippen molar-refractivity contribution in [3.63, 3.8) is 0 Å². The summed E-state index contributed by atoms with van der Waals surface area (Å²) in [6.45, 7) is 6.90. The maximum Gasteiger partial charge on any atom is 0.209 e. The number of hydrogen-bond donors (Lipinski definition) is 1. The molecule has 3 aliphatic rings. The van der Waals surface area contributed by atoms with Crippen LogP contribution in [0.25, 0.3) is 11.0 Å². The molecule has 0 saturated heterocycles. The molecule has 3 heterocycles. The fourth-order valence-corrected chi connectivity index (χ4v) is 7.08. The average Bonchev–Trinajstić information content (AvgIpc) is 3.28. The van der Waals surface area contributed by atoms with Gasteiger partial charge in [0.15, 0.2) is 5.78 Å². The van der Waals surface area contributed by atoms with Gasteiger partial charge in [0.05, 0.1) is 17.1 Å². The number of carbonyl (C=O) groups is 1. The number of nitrogens with one attached hydrogen (secondary N) is 1. The predicted molar refractivity (Wildman–Crippen MR) is 154 cm³/mol. The number of allylic oxidation sites excluding steroid dienone is 2. The van der Waals surface area contributed by atoms with Gasteiger partial charge in [0.25, 0.3) is 0 Å². The van der Waals surface area contributed by atoms with E-state index >= 15 is 0 Å². The molecule has 2 aliphatic heterocycles. The van der Waals surface area contributed by atoms with Gasteiger partial charge in [-0.15, -0.1) is 0 Å². The van der Waals surface area contributed by atoms with Gasteiger partial charge >= 0.3 is 0 Å². The van der Waals surface area contributed by atoms with E-state index in [2.05, 4.69) is 66.9 Å². The van der Waals surface area contributed by atoms with E-state index in [1.54, 1.807) is 12.1 Å². The number of hydrogen-bond acceptors (Lipinski definition) is 4. The highest BCUT2D eigenvalue weighted by Gasteiger charge is 2.41. The molecule has 1 N–H and O–H groups in total. The molecule has 39 heavy (non-hydrogen) atoms. The zero-order valence-electron chi connectivity index (χ0n) is 22.8. The molecule has 0 radical (unpaired) electrons. The summed E-state index contributed by atoms with van der Waals surface area (Å²) in [7, 11) is 2.18. The summed E-state index contributed by atoms with van der Waals surface area (Å²) in [5.41, 5.74) is 8.43.